The fourth-order valence-corrected chi connectivity index (χ4v) is 2.69. The van der Waals surface area contributed by atoms with E-state index in [0.717, 1.165) is 24.7 Å². The van der Waals surface area contributed by atoms with Crippen LogP contribution in [0, 0.1) is 0 Å². The van der Waals surface area contributed by atoms with Crippen LogP contribution in [-0.2, 0) is 6.54 Å². The van der Waals surface area contributed by atoms with Crippen molar-refractivity contribution in [3.63, 3.8) is 0 Å². The number of aromatic hydroxyl groups is 2. The molecule has 2 rings (SSSR count). The summed E-state index contributed by atoms with van der Waals surface area (Å²) in [7, 11) is 2.20. The van der Waals surface area contributed by atoms with Crippen molar-refractivity contribution in [1.29, 1.82) is 0 Å². The first-order valence-corrected chi connectivity index (χ1v) is 7.08. The Morgan fingerprint density at radius 2 is 1.95 bits per heavy atom. The zero-order valence-corrected chi connectivity index (χ0v) is 11.6. The molecule has 0 radical (unpaired) electrons. The quantitative estimate of drug-likeness (QED) is 0.544. The maximum atomic E-state index is 9.40. The lowest BCUT2D eigenvalue weighted by molar-refractivity contribution is 0.245. The van der Waals surface area contributed by atoms with Gasteiger partial charge in [0.1, 0.15) is 0 Å². The molecule has 1 aromatic carbocycles. The van der Waals surface area contributed by atoms with E-state index >= 15 is 0 Å². The van der Waals surface area contributed by atoms with Gasteiger partial charge in [0.05, 0.1) is 0 Å². The molecule has 0 heterocycles. The molecule has 1 aromatic rings. The summed E-state index contributed by atoms with van der Waals surface area (Å²) in [5.41, 5.74) is 0.985. The van der Waals surface area contributed by atoms with Crippen LogP contribution in [0.3, 0.4) is 0 Å². The van der Waals surface area contributed by atoms with Gasteiger partial charge in [-0.1, -0.05) is 18.9 Å². The second kappa shape index (κ2) is 6.78. The molecule has 3 N–H and O–H groups in total. The average molecular weight is 264 g/mol. The molecule has 0 atom stereocenters. The van der Waals surface area contributed by atoms with Crippen LogP contribution in [0.5, 0.6) is 11.5 Å². The predicted molar refractivity (Wildman–Crippen MR) is 76.4 cm³/mol. The summed E-state index contributed by atoms with van der Waals surface area (Å²) in [6.07, 6.45) is 5.41. The van der Waals surface area contributed by atoms with Crippen molar-refractivity contribution in [2.24, 2.45) is 0 Å². The van der Waals surface area contributed by atoms with Gasteiger partial charge in [0.25, 0.3) is 0 Å². The minimum atomic E-state index is -0.0651. The molecule has 4 nitrogen and oxygen atoms in total. The summed E-state index contributed by atoms with van der Waals surface area (Å²) in [5, 5.41) is 22.0. The Morgan fingerprint density at radius 3 is 2.63 bits per heavy atom. The Labute approximate surface area is 115 Å². The maximum absolute atomic E-state index is 9.40. The number of likely N-dealkylation sites (N-methyl/N-ethyl adjacent to an activating group) is 1. The third-order valence-electron chi connectivity index (χ3n) is 3.96. The molecule has 0 saturated heterocycles. The van der Waals surface area contributed by atoms with E-state index in [1.54, 1.807) is 6.07 Å². The van der Waals surface area contributed by atoms with Crippen molar-refractivity contribution in [1.82, 2.24) is 10.2 Å². The highest BCUT2D eigenvalue weighted by Crippen LogP contribution is 2.24. The van der Waals surface area contributed by atoms with Crippen molar-refractivity contribution in [2.75, 3.05) is 20.1 Å². The summed E-state index contributed by atoms with van der Waals surface area (Å²) in [6, 6.07) is 5.71. The summed E-state index contributed by atoms with van der Waals surface area (Å²) >= 11 is 0. The molecular formula is C15H24N2O2. The minimum absolute atomic E-state index is 0.0534. The van der Waals surface area contributed by atoms with Gasteiger partial charge < -0.3 is 20.4 Å². The van der Waals surface area contributed by atoms with Crippen molar-refractivity contribution in [2.45, 2.75) is 38.3 Å². The molecule has 1 saturated carbocycles. The van der Waals surface area contributed by atoms with Crippen LogP contribution in [0.4, 0.5) is 0 Å². The van der Waals surface area contributed by atoms with Crippen molar-refractivity contribution in [3.8, 4) is 11.5 Å². The number of phenols is 2. The van der Waals surface area contributed by atoms with Gasteiger partial charge in [-0.2, -0.15) is 0 Å². The van der Waals surface area contributed by atoms with E-state index < -0.39 is 0 Å². The Balaban J connectivity index is 1.67. The SMILES string of the molecule is CN(CCNCc1ccc(O)c(O)c1)C1CCCC1. The van der Waals surface area contributed by atoms with E-state index in [2.05, 4.69) is 17.3 Å². The van der Waals surface area contributed by atoms with E-state index in [1.165, 1.54) is 31.7 Å². The zero-order chi connectivity index (χ0) is 13.7. The van der Waals surface area contributed by atoms with Crippen LogP contribution < -0.4 is 5.32 Å². The lowest BCUT2D eigenvalue weighted by Gasteiger charge is -2.24. The molecule has 0 amide bonds. The largest absolute Gasteiger partial charge is 0.504 e. The van der Waals surface area contributed by atoms with Gasteiger partial charge >= 0.3 is 0 Å². The monoisotopic (exact) mass is 264 g/mol. The van der Waals surface area contributed by atoms with Crippen LogP contribution in [-0.4, -0.2) is 41.3 Å². The standard InChI is InChI=1S/C15H24N2O2/c1-17(13-4-2-3-5-13)9-8-16-11-12-6-7-14(18)15(19)10-12/h6-7,10,13,16,18-19H,2-5,8-9,11H2,1H3. The van der Waals surface area contributed by atoms with Crippen LogP contribution in [0.25, 0.3) is 0 Å². The minimum Gasteiger partial charge on any atom is -0.504 e. The zero-order valence-electron chi connectivity index (χ0n) is 11.6. The van der Waals surface area contributed by atoms with E-state index in [0.29, 0.717) is 6.54 Å². The highest BCUT2D eigenvalue weighted by Gasteiger charge is 2.18. The molecule has 1 fully saturated rings. The van der Waals surface area contributed by atoms with Gasteiger partial charge in [-0.3, -0.25) is 0 Å². The second-order valence-corrected chi connectivity index (χ2v) is 5.42. The van der Waals surface area contributed by atoms with Gasteiger partial charge in [0.15, 0.2) is 11.5 Å². The smallest absolute Gasteiger partial charge is 0.157 e. The highest BCUT2D eigenvalue weighted by atomic mass is 16.3. The molecule has 4 heteroatoms. The summed E-state index contributed by atoms with van der Waals surface area (Å²) in [5.74, 6) is -0.118. The number of rotatable bonds is 6. The number of phenolic OH excluding ortho intramolecular Hbond substituents is 2. The van der Waals surface area contributed by atoms with E-state index in [-0.39, 0.29) is 11.5 Å². The van der Waals surface area contributed by atoms with Crippen molar-refractivity contribution >= 4 is 0 Å². The third-order valence-corrected chi connectivity index (χ3v) is 3.96. The molecule has 0 aromatic heterocycles. The lowest BCUT2D eigenvalue weighted by atomic mass is 10.2. The predicted octanol–water partition coefficient (Wildman–Crippen LogP) is 2.06. The summed E-state index contributed by atoms with van der Waals surface area (Å²) in [6.45, 7) is 2.70. The average Bonchev–Trinajstić information content (AvgIpc) is 2.92. The molecule has 106 valence electrons. The highest BCUT2D eigenvalue weighted by molar-refractivity contribution is 5.40. The van der Waals surface area contributed by atoms with Gasteiger partial charge in [-0.15, -0.1) is 0 Å². The van der Waals surface area contributed by atoms with Gasteiger partial charge in [-0.05, 0) is 37.6 Å². The number of hydrogen-bond acceptors (Lipinski definition) is 4. The molecular weight excluding hydrogens is 240 g/mol. The van der Waals surface area contributed by atoms with E-state index in [9.17, 15) is 10.2 Å². The molecule has 0 bridgehead atoms. The number of hydrogen-bond donors (Lipinski definition) is 3. The third kappa shape index (κ3) is 4.11. The van der Waals surface area contributed by atoms with Crippen LogP contribution in [0.1, 0.15) is 31.2 Å². The molecule has 1 aliphatic carbocycles. The summed E-state index contributed by atoms with van der Waals surface area (Å²) < 4.78 is 0. The van der Waals surface area contributed by atoms with Gasteiger partial charge in [0.2, 0.25) is 0 Å². The normalized spacial score (nSPS) is 16.3. The molecule has 0 spiro atoms. The molecule has 1 aliphatic rings. The van der Waals surface area contributed by atoms with E-state index in [4.69, 9.17) is 0 Å². The van der Waals surface area contributed by atoms with Gasteiger partial charge in [-0.25, -0.2) is 0 Å². The van der Waals surface area contributed by atoms with Crippen LogP contribution >= 0.6 is 0 Å². The number of nitrogens with one attached hydrogen (secondary N) is 1. The first-order valence-electron chi connectivity index (χ1n) is 7.08. The lowest BCUT2D eigenvalue weighted by Crippen LogP contribution is -2.35. The Hall–Kier alpha value is -1.26. The maximum Gasteiger partial charge on any atom is 0.157 e. The van der Waals surface area contributed by atoms with Gasteiger partial charge in [0, 0.05) is 25.7 Å². The van der Waals surface area contributed by atoms with Crippen molar-refractivity contribution < 1.29 is 10.2 Å². The van der Waals surface area contributed by atoms with Crippen LogP contribution in [0.15, 0.2) is 18.2 Å². The topological polar surface area (TPSA) is 55.7 Å². The summed E-state index contributed by atoms with van der Waals surface area (Å²) in [4.78, 5) is 2.44. The fraction of sp³-hybridized carbons (Fsp3) is 0.600. The second-order valence-electron chi connectivity index (χ2n) is 5.42. The number of benzene rings is 1. The molecule has 0 unspecified atom stereocenters. The van der Waals surface area contributed by atoms with Crippen molar-refractivity contribution in [3.05, 3.63) is 23.8 Å². The van der Waals surface area contributed by atoms with Crippen LogP contribution in [0.2, 0.25) is 0 Å². The number of nitrogens with zero attached hydrogens (tertiary/aromatic N) is 1. The first-order chi connectivity index (χ1) is 9.16. The Kier molecular flexibility index (Phi) is 5.05. The van der Waals surface area contributed by atoms with E-state index in [1.807, 2.05) is 6.07 Å². The Bertz CT molecular complexity index is 403. The fourth-order valence-electron chi connectivity index (χ4n) is 2.69. The molecule has 19 heavy (non-hydrogen) atoms. The first kappa shape index (κ1) is 14.2. The molecule has 0 aliphatic heterocycles. The Morgan fingerprint density at radius 1 is 1.21 bits per heavy atom.